The number of carbonyl (C=O) groups excluding carboxylic acids is 1. The van der Waals surface area contributed by atoms with Gasteiger partial charge in [-0.3, -0.25) is 15.2 Å². The summed E-state index contributed by atoms with van der Waals surface area (Å²) in [7, 11) is -3.53. The number of hydrogen-bond acceptors (Lipinski definition) is 6. The van der Waals surface area contributed by atoms with Crippen LogP contribution in [0.25, 0.3) is 0 Å². The molecule has 2 aliphatic heterocycles. The van der Waals surface area contributed by atoms with Crippen LogP contribution >= 0.6 is 0 Å². The lowest BCUT2D eigenvalue weighted by atomic mass is 10.0. The van der Waals surface area contributed by atoms with Gasteiger partial charge in [0.2, 0.25) is 10.0 Å². The van der Waals surface area contributed by atoms with Crippen molar-refractivity contribution in [1.82, 2.24) is 9.21 Å². The van der Waals surface area contributed by atoms with Gasteiger partial charge < -0.3 is 10.5 Å². The molecular weight excluding hydrogens is 454 g/mol. The van der Waals surface area contributed by atoms with Gasteiger partial charge in [0.05, 0.1) is 11.4 Å². The van der Waals surface area contributed by atoms with Crippen LogP contribution in [0.1, 0.15) is 30.9 Å². The van der Waals surface area contributed by atoms with E-state index in [-0.39, 0.29) is 11.9 Å². The van der Waals surface area contributed by atoms with Gasteiger partial charge >= 0.3 is 6.09 Å². The van der Waals surface area contributed by atoms with Gasteiger partial charge in [-0.2, -0.15) is 4.31 Å². The van der Waals surface area contributed by atoms with Crippen LogP contribution in [0.15, 0.2) is 53.4 Å². The fraction of sp³-hybridized carbons (Fsp3) is 0.417. The second kappa shape index (κ2) is 9.73. The molecule has 0 aromatic heterocycles. The Morgan fingerprint density at radius 1 is 1.06 bits per heavy atom. The normalized spacial score (nSPS) is 20.0. The number of hydrogen-bond donors (Lipinski definition) is 2. The van der Waals surface area contributed by atoms with Crippen molar-refractivity contribution < 1.29 is 17.9 Å². The predicted molar refractivity (Wildman–Crippen MR) is 131 cm³/mol. The molecule has 10 heteroatoms. The third-order valence-electron chi connectivity index (χ3n) is 6.34. The number of sulfonamides is 1. The third kappa shape index (κ3) is 5.08. The van der Waals surface area contributed by atoms with E-state index in [1.807, 2.05) is 12.1 Å². The molecule has 2 saturated heterocycles. The summed E-state index contributed by atoms with van der Waals surface area (Å²) < 4.78 is 33.2. The number of amidine groups is 1. The summed E-state index contributed by atoms with van der Waals surface area (Å²) in [6.45, 7) is 7.05. The third-order valence-corrected chi connectivity index (χ3v) is 8.25. The van der Waals surface area contributed by atoms with Crippen molar-refractivity contribution in [2.24, 2.45) is 5.73 Å². The number of nitrogens with two attached hydrogens (primary N) is 1. The molecule has 9 nitrogen and oxygen atoms in total. The van der Waals surface area contributed by atoms with Crippen LogP contribution in [-0.4, -0.2) is 74.9 Å². The molecule has 182 valence electrons. The van der Waals surface area contributed by atoms with E-state index in [1.54, 1.807) is 41.3 Å². The Bertz CT molecular complexity index is 1140. The second-order valence-electron chi connectivity index (χ2n) is 9.01. The molecule has 0 aliphatic carbocycles. The number of ether oxygens (including phenoxy) is 1. The van der Waals surface area contributed by atoms with Gasteiger partial charge in [0.25, 0.3) is 0 Å². The highest BCUT2D eigenvalue weighted by molar-refractivity contribution is 7.89. The Balaban J connectivity index is 1.31. The van der Waals surface area contributed by atoms with E-state index in [0.29, 0.717) is 61.3 Å². The Morgan fingerprint density at radius 3 is 2.24 bits per heavy atom. The number of nitrogen functional groups attached to an aromatic ring is 1. The number of nitrogens with zero attached hydrogens (tertiary/aromatic N) is 3. The molecule has 1 unspecified atom stereocenters. The summed E-state index contributed by atoms with van der Waals surface area (Å²) in [5.74, 6) is 0.322. The maximum atomic E-state index is 13.0. The molecule has 0 saturated carbocycles. The molecule has 2 aliphatic rings. The van der Waals surface area contributed by atoms with Gasteiger partial charge in [0, 0.05) is 44.0 Å². The van der Waals surface area contributed by atoms with Crippen molar-refractivity contribution in [3.8, 4) is 0 Å². The van der Waals surface area contributed by atoms with Crippen LogP contribution in [0.2, 0.25) is 0 Å². The van der Waals surface area contributed by atoms with Crippen LogP contribution in [-0.2, 0) is 14.8 Å². The number of nitrogens with one attached hydrogen (secondary N) is 1. The zero-order valence-corrected chi connectivity index (χ0v) is 20.3. The fourth-order valence-corrected chi connectivity index (χ4v) is 5.68. The number of piperazine rings is 1. The van der Waals surface area contributed by atoms with Crippen LogP contribution in [0.4, 0.5) is 10.5 Å². The average molecular weight is 486 g/mol. The van der Waals surface area contributed by atoms with Crippen LogP contribution in [0, 0.1) is 5.41 Å². The molecule has 0 radical (unpaired) electrons. The Kier molecular flexibility index (Phi) is 6.92. The van der Waals surface area contributed by atoms with Gasteiger partial charge in [-0.1, -0.05) is 26.0 Å². The Labute approximate surface area is 200 Å². The molecule has 0 bridgehead atoms. The molecule has 2 aromatic rings. The predicted octanol–water partition coefficient (Wildman–Crippen LogP) is 2.43. The largest absolute Gasteiger partial charge is 0.443 e. The second-order valence-corrected chi connectivity index (χ2v) is 10.9. The van der Waals surface area contributed by atoms with E-state index in [1.165, 1.54) is 4.31 Å². The molecule has 3 N–H and O–H groups in total. The molecular formula is C24H31N5O4S. The average Bonchev–Trinajstić information content (AvgIpc) is 3.19. The molecule has 34 heavy (non-hydrogen) atoms. The lowest BCUT2D eigenvalue weighted by Crippen LogP contribution is -2.50. The van der Waals surface area contributed by atoms with E-state index in [4.69, 9.17) is 15.9 Å². The van der Waals surface area contributed by atoms with Crippen LogP contribution in [0.3, 0.4) is 0 Å². The van der Waals surface area contributed by atoms with Gasteiger partial charge in [-0.05, 0) is 47.9 Å². The van der Waals surface area contributed by atoms with E-state index in [0.717, 1.165) is 5.56 Å². The van der Waals surface area contributed by atoms with Gasteiger partial charge in [0.15, 0.2) is 0 Å². The SMILES string of the molecule is CC(C)c1ccc(S(=O)(=O)N2CCN(CC3CN(c4ccc(C(=N)N)cc4)C(=O)O3)CC2)cc1. The van der Waals surface area contributed by atoms with E-state index >= 15 is 0 Å². The molecule has 1 atom stereocenters. The summed E-state index contributed by atoms with van der Waals surface area (Å²) in [5, 5.41) is 7.48. The molecule has 2 aromatic carbocycles. The number of cyclic esters (lactones) is 1. The number of amides is 1. The van der Waals surface area contributed by atoms with Crippen molar-refractivity contribution >= 4 is 27.6 Å². The quantitative estimate of drug-likeness (QED) is 0.459. The zero-order chi connectivity index (χ0) is 24.5. The molecule has 0 spiro atoms. The standard InChI is InChI=1S/C24H31N5O4S/c1-17(2)18-5-9-22(10-6-18)34(31,32)28-13-11-27(12-14-28)15-21-16-29(24(30)33-21)20-7-3-19(4-8-20)23(25)26/h3-10,17,21H,11-16H2,1-2H3,(H3,25,26). The van der Waals surface area contributed by atoms with Gasteiger partial charge in [-0.15, -0.1) is 0 Å². The van der Waals surface area contributed by atoms with Crippen molar-refractivity contribution in [1.29, 1.82) is 5.41 Å². The van der Waals surface area contributed by atoms with Crippen molar-refractivity contribution in [2.75, 3.05) is 44.2 Å². The van der Waals surface area contributed by atoms with E-state index in [2.05, 4.69) is 18.7 Å². The van der Waals surface area contributed by atoms with Crippen molar-refractivity contribution in [3.63, 3.8) is 0 Å². The highest BCUT2D eigenvalue weighted by Gasteiger charge is 2.35. The van der Waals surface area contributed by atoms with Gasteiger partial charge in [0.1, 0.15) is 11.9 Å². The maximum absolute atomic E-state index is 13.0. The highest BCUT2D eigenvalue weighted by atomic mass is 32.2. The number of carbonyl (C=O) groups is 1. The maximum Gasteiger partial charge on any atom is 0.414 e. The number of anilines is 1. The molecule has 2 heterocycles. The monoisotopic (exact) mass is 485 g/mol. The number of rotatable bonds is 7. The Morgan fingerprint density at radius 2 is 1.68 bits per heavy atom. The minimum absolute atomic E-state index is 0.0258. The molecule has 4 rings (SSSR count). The summed E-state index contributed by atoms with van der Waals surface area (Å²) in [4.78, 5) is 16.4. The van der Waals surface area contributed by atoms with Gasteiger partial charge in [-0.25, -0.2) is 13.2 Å². The first-order chi connectivity index (χ1) is 16.1. The van der Waals surface area contributed by atoms with Crippen LogP contribution in [0.5, 0.6) is 0 Å². The molecule has 1 amide bonds. The first kappa shape index (κ1) is 24.2. The topological polar surface area (TPSA) is 120 Å². The highest BCUT2D eigenvalue weighted by Crippen LogP contribution is 2.24. The smallest absolute Gasteiger partial charge is 0.414 e. The van der Waals surface area contributed by atoms with E-state index in [9.17, 15) is 13.2 Å². The minimum Gasteiger partial charge on any atom is -0.443 e. The van der Waals surface area contributed by atoms with Crippen molar-refractivity contribution in [2.45, 2.75) is 30.8 Å². The number of benzene rings is 2. The lowest BCUT2D eigenvalue weighted by Gasteiger charge is -2.34. The summed E-state index contributed by atoms with van der Waals surface area (Å²) in [5.41, 5.74) is 7.88. The Hall–Kier alpha value is -2.95. The minimum atomic E-state index is -3.53. The molecule has 2 fully saturated rings. The summed E-state index contributed by atoms with van der Waals surface area (Å²) in [6, 6.07) is 14.0. The zero-order valence-electron chi connectivity index (χ0n) is 19.5. The van der Waals surface area contributed by atoms with Crippen LogP contribution < -0.4 is 10.6 Å². The summed E-state index contributed by atoms with van der Waals surface area (Å²) in [6.07, 6.45) is -0.710. The van der Waals surface area contributed by atoms with E-state index < -0.39 is 16.1 Å². The first-order valence-corrected chi connectivity index (χ1v) is 12.8. The van der Waals surface area contributed by atoms with Crippen molar-refractivity contribution in [3.05, 3.63) is 59.7 Å². The first-order valence-electron chi connectivity index (χ1n) is 11.4. The fourth-order valence-electron chi connectivity index (χ4n) is 4.26. The lowest BCUT2D eigenvalue weighted by molar-refractivity contribution is 0.0937. The summed E-state index contributed by atoms with van der Waals surface area (Å²) >= 11 is 0.